The van der Waals surface area contributed by atoms with E-state index in [9.17, 15) is 4.79 Å². The van der Waals surface area contributed by atoms with Crippen molar-refractivity contribution in [3.8, 4) is 5.75 Å². The lowest BCUT2D eigenvalue weighted by Gasteiger charge is -2.25. The number of hydrogen-bond donors (Lipinski definition) is 3. The van der Waals surface area contributed by atoms with Gasteiger partial charge in [-0.05, 0) is 31.5 Å². The molecule has 1 aromatic rings. The molecule has 0 aliphatic rings. The van der Waals surface area contributed by atoms with Crippen molar-refractivity contribution in [1.82, 2.24) is 10.6 Å². The Balaban J connectivity index is 2.44. The third-order valence-corrected chi connectivity index (χ3v) is 2.99. The molecule has 0 fully saturated rings. The van der Waals surface area contributed by atoms with Crippen LogP contribution in [0.5, 0.6) is 5.75 Å². The number of benzene rings is 1. The van der Waals surface area contributed by atoms with E-state index in [0.717, 1.165) is 11.3 Å². The van der Waals surface area contributed by atoms with Crippen LogP contribution in [0.1, 0.15) is 25.8 Å². The van der Waals surface area contributed by atoms with E-state index >= 15 is 0 Å². The SMILES string of the molecule is COc1ccc(CNC(=S)CC(C)(C)NC(=O)O)cc1. The molecule has 1 rings (SSSR count). The van der Waals surface area contributed by atoms with Gasteiger partial charge in [-0.25, -0.2) is 4.79 Å². The molecule has 0 spiro atoms. The van der Waals surface area contributed by atoms with E-state index in [2.05, 4.69) is 10.6 Å². The van der Waals surface area contributed by atoms with Crippen molar-refractivity contribution in [1.29, 1.82) is 0 Å². The lowest BCUT2D eigenvalue weighted by Crippen LogP contribution is -2.45. The van der Waals surface area contributed by atoms with E-state index in [1.54, 1.807) is 21.0 Å². The minimum atomic E-state index is -1.05. The molecule has 0 aliphatic heterocycles. The molecule has 0 aliphatic carbocycles. The topological polar surface area (TPSA) is 70.6 Å². The van der Waals surface area contributed by atoms with Gasteiger partial charge in [-0.2, -0.15) is 0 Å². The molecule has 0 saturated heterocycles. The molecule has 1 aromatic carbocycles. The number of methoxy groups -OCH3 is 1. The first-order chi connectivity index (χ1) is 9.32. The normalized spacial score (nSPS) is 10.8. The maximum absolute atomic E-state index is 10.6. The minimum Gasteiger partial charge on any atom is -0.497 e. The molecule has 0 radical (unpaired) electrons. The molecular formula is C14H20N2O3S. The van der Waals surface area contributed by atoms with Gasteiger partial charge in [0.1, 0.15) is 5.75 Å². The Hall–Kier alpha value is -1.82. The van der Waals surface area contributed by atoms with Gasteiger partial charge in [0, 0.05) is 18.5 Å². The van der Waals surface area contributed by atoms with Crippen LogP contribution in [0, 0.1) is 0 Å². The van der Waals surface area contributed by atoms with Gasteiger partial charge in [0.2, 0.25) is 0 Å². The third-order valence-electron chi connectivity index (χ3n) is 2.70. The molecule has 6 heteroatoms. The summed E-state index contributed by atoms with van der Waals surface area (Å²) in [5, 5.41) is 14.3. The fraction of sp³-hybridized carbons (Fsp3) is 0.429. The number of thiocarbonyl (C=S) groups is 1. The van der Waals surface area contributed by atoms with Crippen molar-refractivity contribution in [2.75, 3.05) is 7.11 Å². The number of ether oxygens (including phenoxy) is 1. The van der Waals surface area contributed by atoms with E-state index in [4.69, 9.17) is 22.1 Å². The molecule has 0 unspecified atom stereocenters. The van der Waals surface area contributed by atoms with E-state index in [1.807, 2.05) is 24.3 Å². The average molecular weight is 296 g/mol. The van der Waals surface area contributed by atoms with Crippen molar-refractivity contribution in [3.05, 3.63) is 29.8 Å². The monoisotopic (exact) mass is 296 g/mol. The first-order valence-corrected chi connectivity index (χ1v) is 6.64. The number of carboxylic acid groups (broad SMARTS) is 1. The van der Waals surface area contributed by atoms with Gasteiger partial charge < -0.3 is 20.5 Å². The van der Waals surface area contributed by atoms with Crippen LogP contribution in [-0.4, -0.2) is 28.8 Å². The molecule has 0 saturated carbocycles. The van der Waals surface area contributed by atoms with Crippen LogP contribution in [0.4, 0.5) is 4.79 Å². The second kappa shape index (κ2) is 7.09. The summed E-state index contributed by atoms with van der Waals surface area (Å²) in [6, 6.07) is 7.68. The van der Waals surface area contributed by atoms with E-state index in [-0.39, 0.29) is 0 Å². The predicted molar refractivity (Wildman–Crippen MR) is 82.3 cm³/mol. The number of rotatable bonds is 6. The summed E-state index contributed by atoms with van der Waals surface area (Å²) in [7, 11) is 1.62. The van der Waals surface area contributed by atoms with E-state index in [0.29, 0.717) is 18.0 Å². The van der Waals surface area contributed by atoms with Gasteiger partial charge in [0.05, 0.1) is 12.1 Å². The summed E-state index contributed by atoms with van der Waals surface area (Å²) >= 11 is 5.23. The van der Waals surface area contributed by atoms with E-state index in [1.165, 1.54) is 0 Å². The summed E-state index contributed by atoms with van der Waals surface area (Å²) in [6.45, 7) is 4.19. The van der Waals surface area contributed by atoms with Crippen molar-refractivity contribution < 1.29 is 14.6 Å². The summed E-state index contributed by atoms with van der Waals surface area (Å²) in [5.41, 5.74) is 0.493. The molecule has 5 nitrogen and oxygen atoms in total. The molecule has 110 valence electrons. The summed E-state index contributed by atoms with van der Waals surface area (Å²) < 4.78 is 5.09. The zero-order chi connectivity index (χ0) is 15.2. The minimum absolute atomic E-state index is 0.449. The second-order valence-electron chi connectivity index (χ2n) is 5.12. The second-order valence-corrected chi connectivity index (χ2v) is 5.61. The number of hydrogen-bond acceptors (Lipinski definition) is 3. The van der Waals surface area contributed by atoms with Crippen LogP contribution in [0.3, 0.4) is 0 Å². The van der Waals surface area contributed by atoms with Gasteiger partial charge in [-0.1, -0.05) is 24.4 Å². The predicted octanol–water partition coefficient (Wildman–Crippen LogP) is 2.55. The Bertz CT molecular complexity index is 472. The Labute approximate surface area is 124 Å². The first-order valence-electron chi connectivity index (χ1n) is 6.23. The molecule has 20 heavy (non-hydrogen) atoms. The van der Waals surface area contributed by atoms with Crippen LogP contribution < -0.4 is 15.4 Å². The number of carbonyl (C=O) groups is 1. The zero-order valence-electron chi connectivity index (χ0n) is 11.9. The highest BCUT2D eigenvalue weighted by Gasteiger charge is 2.21. The van der Waals surface area contributed by atoms with Crippen LogP contribution in [0.2, 0.25) is 0 Å². The van der Waals surface area contributed by atoms with Gasteiger partial charge in [0.25, 0.3) is 0 Å². The number of nitrogens with one attached hydrogen (secondary N) is 2. The van der Waals surface area contributed by atoms with Crippen LogP contribution >= 0.6 is 12.2 Å². The van der Waals surface area contributed by atoms with Crippen molar-refractivity contribution >= 4 is 23.3 Å². The Kier molecular flexibility index (Phi) is 5.76. The maximum atomic E-state index is 10.6. The smallest absolute Gasteiger partial charge is 0.405 e. The summed E-state index contributed by atoms with van der Waals surface area (Å²) in [4.78, 5) is 11.3. The van der Waals surface area contributed by atoms with E-state index < -0.39 is 11.6 Å². The fourth-order valence-electron chi connectivity index (χ4n) is 1.74. The molecule has 1 amide bonds. The largest absolute Gasteiger partial charge is 0.497 e. The van der Waals surface area contributed by atoms with Gasteiger partial charge in [-0.15, -0.1) is 0 Å². The third kappa shape index (κ3) is 5.88. The van der Waals surface area contributed by atoms with Gasteiger partial charge >= 0.3 is 6.09 Å². The molecule has 0 atom stereocenters. The van der Waals surface area contributed by atoms with Crippen LogP contribution in [-0.2, 0) is 6.54 Å². The Morgan fingerprint density at radius 3 is 2.45 bits per heavy atom. The Morgan fingerprint density at radius 1 is 1.35 bits per heavy atom. The highest BCUT2D eigenvalue weighted by atomic mass is 32.1. The highest BCUT2D eigenvalue weighted by Crippen LogP contribution is 2.12. The van der Waals surface area contributed by atoms with Crippen molar-refractivity contribution in [3.63, 3.8) is 0 Å². The van der Waals surface area contributed by atoms with Crippen LogP contribution in [0.25, 0.3) is 0 Å². The average Bonchev–Trinajstić information content (AvgIpc) is 2.34. The summed E-state index contributed by atoms with van der Waals surface area (Å²) in [5.74, 6) is 0.808. The standard InChI is InChI=1S/C14H20N2O3S/c1-14(2,16-13(17)18)8-12(20)15-9-10-4-6-11(19-3)7-5-10/h4-7,16H,8-9H2,1-3H3,(H,15,20)(H,17,18). The fourth-order valence-corrected chi connectivity index (χ4v) is 2.17. The lowest BCUT2D eigenvalue weighted by atomic mass is 10.0. The lowest BCUT2D eigenvalue weighted by molar-refractivity contribution is 0.183. The molecular weight excluding hydrogens is 276 g/mol. The van der Waals surface area contributed by atoms with Crippen molar-refractivity contribution in [2.45, 2.75) is 32.4 Å². The van der Waals surface area contributed by atoms with Gasteiger partial charge in [-0.3, -0.25) is 0 Å². The number of amides is 1. The highest BCUT2D eigenvalue weighted by molar-refractivity contribution is 7.80. The van der Waals surface area contributed by atoms with Crippen LogP contribution in [0.15, 0.2) is 24.3 Å². The Morgan fingerprint density at radius 2 is 1.95 bits per heavy atom. The molecule has 0 bridgehead atoms. The maximum Gasteiger partial charge on any atom is 0.405 e. The molecule has 3 N–H and O–H groups in total. The molecule has 0 heterocycles. The van der Waals surface area contributed by atoms with Crippen molar-refractivity contribution in [2.24, 2.45) is 0 Å². The quantitative estimate of drug-likeness (QED) is 0.704. The molecule has 0 aromatic heterocycles. The first kappa shape index (κ1) is 16.2. The van der Waals surface area contributed by atoms with Gasteiger partial charge in [0.15, 0.2) is 0 Å². The zero-order valence-corrected chi connectivity index (χ0v) is 12.7. The summed E-state index contributed by atoms with van der Waals surface area (Å²) in [6.07, 6.45) is -0.599.